The maximum Gasteiger partial charge on any atom is 0.255 e. The van der Waals surface area contributed by atoms with Gasteiger partial charge in [-0.3, -0.25) is 14.3 Å². The van der Waals surface area contributed by atoms with Crippen molar-refractivity contribution < 1.29 is 13.9 Å². The average Bonchev–Trinajstić information content (AvgIpc) is 3.02. The van der Waals surface area contributed by atoms with Gasteiger partial charge in [-0.1, -0.05) is 12.1 Å². The fourth-order valence-corrected chi connectivity index (χ4v) is 3.59. The monoisotopic (exact) mass is 410 g/mol. The molecule has 156 valence electrons. The Bertz CT molecular complexity index is 1080. The third kappa shape index (κ3) is 4.04. The van der Waals surface area contributed by atoms with Gasteiger partial charge in [0.1, 0.15) is 5.75 Å². The van der Waals surface area contributed by atoms with Crippen molar-refractivity contribution >= 4 is 5.95 Å². The molecule has 0 spiro atoms. The standard InChI is InChI=1S/C22H23FN4O3/c1-26-21(28)13-19(17-7-9-24-14-18(17)23)25-22(26)27-10-8-20(30-12-11-27)15-3-5-16(29-2)6-4-15/h3-7,9,13-14,20H,8,10-12H2,1-2H3. The third-order valence-corrected chi connectivity index (χ3v) is 5.27. The Morgan fingerprint density at radius 3 is 2.73 bits per heavy atom. The zero-order valence-corrected chi connectivity index (χ0v) is 16.9. The summed E-state index contributed by atoms with van der Waals surface area (Å²) in [6.07, 6.45) is 3.28. The van der Waals surface area contributed by atoms with E-state index in [1.165, 1.54) is 22.9 Å². The van der Waals surface area contributed by atoms with Crippen molar-refractivity contribution in [3.8, 4) is 17.0 Å². The fourth-order valence-electron chi connectivity index (χ4n) is 3.59. The molecule has 8 heteroatoms. The van der Waals surface area contributed by atoms with Crippen LogP contribution in [0.1, 0.15) is 18.1 Å². The normalized spacial score (nSPS) is 16.9. The summed E-state index contributed by atoms with van der Waals surface area (Å²) in [6, 6.07) is 10.7. The molecule has 0 saturated carbocycles. The molecule has 1 fully saturated rings. The maximum absolute atomic E-state index is 14.2. The summed E-state index contributed by atoms with van der Waals surface area (Å²) >= 11 is 0. The SMILES string of the molecule is COc1ccc(C2CCN(c3nc(-c4ccncc4F)cc(=O)n3C)CCO2)cc1. The molecule has 0 N–H and O–H groups in total. The molecule has 3 aromatic rings. The second-order valence-electron chi connectivity index (χ2n) is 7.10. The average molecular weight is 410 g/mol. The summed E-state index contributed by atoms with van der Waals surface area (Å²) in [6.45, 7) is 1.72. The lowest BCUT2D eigenvalue weighted by Crippen LogP contribution is -2.33. The molecule has 0 radical (unpaired) electrons. The van der Waals surface area contributed by atoms with Crippen LogP contribution in [-0.2, 0) is 11.8 Å². The van der Waals surface area contributed by atoms with Gasteiger partial charge in [-0.05, 0) is 30.2 Å². The first kappa shape index (κ1) is 20.0. The highest BCUT2D eigenvalue weighted by Crippen LogP contribution is 2.27. The number of methoxy groups -OCH3 is 1. The van der Waals surface area contributed by atoms with Crippen LogP contribution in [0.5, 0.6) is 5.75 Å². The zero-order chi connectivity index (χ0) is 21.1. The van der Waals surface area contributed by atoms with Crippen molar-refractivity contribution in [1.29, 1.82) is 0 Å². The van der Waals surface area contributed by atoms with E-state index < -0.39 is 5.82 Å². The van der Waals surface area contributed by atoms with Gasteiger partial charge >= 0.3 is 0 Å². The molecule has 2 aromatic heterocycles. The molecule has 1 atom stereocenters. The number of hydrogen-bond donors (Lipinski definition) is 0. The number of hydrogen-bond acceptors (Lipinski definition) is 6. The Hall–Kier alpha value is -3.26. The van der Waals surface area contributed by atoms with E-state index >= 15 is 0 Å². The minimum Gasteiger partial charge on any atom is -0.497 e. The molecule has 1 aromatic carbocycles. The van der Waals surface area contributed by atoms with Crippen LogP contribution in [0.3, 0.4) is 0 Å². The molecule has 1 aliphatic heterocycles. The molecule has 0 bridgehead atoms. The van der Waals surface area contributed by atoms with E-state index in [-0.39, 0.29) is 17.2 Å². The quantitative estimate of drug-likeness (QED) is 0.659. The van der Waals surface area contributed by atoms with Crippen LogP contribution in [0.25, 0.3) is 11.3 Å². The highest BCUT2D eigenvalue weighted by atomic mass is 19.1. The second kappa shape index (κ2) is 8.62. The van der Waals surface area contributed by atoms with E-state index in [2.05, 4.69) is 9.97 Å². The van der Waals surface area contributed by atoms with E-state index in [1.54, 1.807) is 14.2 Å². The molecular weight excluding hydrogens is 387 g/mol. The molecule has 1 saturated heterocycles. The summed E-state index contributed by atoms with van der Waals surface area (Å²) in [5.74, 6) is 0.782. The molecule has 0 aliphatic carbocycles. The van der Waals surface area contributed by atoms with Gasteiger partial charge in [0.15, 0.2) is 5.82 Å². The molecule has 3 heterocycles. The van der Waals surface area contributed by atoms with Crippen LogP contribution >= 0.6 is 0 Å². The lowest BCUT2D eigenvalue weighted by molar-refractivity contribution is 0.0647. The highest BCUT2D eigenvalue weighted by molar-refractivity contribution is 5.60. The number of aromatic nitrogens is 3. The van der Waals surface area contributed by atoms with Crippen LogP contribution in [0, 0.1) is 5.82 Å². The molecular formula is C22H23FN4O3. The highest BCUT2D eigenvalue weighted by Gasteiger charge is 2.22. The second-order valence-corrected chi connectivity index (χ2v) is 7.10. The number of anilines is 1. The summed E-state index contributed by atoms with van der Waals surface area (Å²) < 4.78 is 26.9. The first-order chi connectivity index (χ1) is 14.6. The van der Waals surface area contributed by atoms with Crippen molar-refractivity contribution in [2.75, 3.05) is 31.7 Å². The number of pyridine rings is 1. The van der Waals surface area contributed by atoms with Gasteiger partial charge in [-0.25, -0.2) is 9.37 Å². The molecule has 4 rings (SSSR count). The number of benzene rings is 1. The Morgan fingerprint density at radius 2 is 2.00 bits per heavy atom. The Balaban J connectivity index is 1.59. The molecule has 1 unspecified atom stereocenters. The zero-order valence-electron chi connectivity index (χ0n) is 16.9. The van der Waals surface area contributed by atoms with Crippen LogP contribution in [0.4, 0.5) is 10.3 Å². The Morgan fingerprint density at radius 1 is 1.20 bits per heavy atom. The van der Waals surface area contributed by atoms with E-state index in [1.807, 2.05) is 29.2 Å². The predicted molar refractivity (Wildman–Crippen MR) is 111 cm³/mol. The minimum atomic E-state index is -0.511. The van der Waals surface area contributed by atoms with Gasteiger partial charge < -0.3 is 14.4 Å². The van der Waals surface area contributed by atoms with Gasteiger partial charge in [0.05, 0.1) is 31.7 Å². The summed E-state index contributed by atoms with van der Waals surface area (Å²) in [4.78, 5) is 22.9. The van der Waals surface area contributed by atoms with Crippen molar-refractivity contribution in [1.82, 2.24) is 14.5 Å². The minimum absolute atomic E-state index is 0.0567. The van der Waals surface area contributed by atoms with Crippen LogP contribution in [0.15, 0.2) is 53.6 Å². The van der Waals surface area contributed by atoms with Crippen LogP contribution < -0.4 is 15.2 Å². The van der Waals surface area contributed by atoms with Crippen molar-refractivity contribution in [2.24, 2.45) is 7.05 Å². The largest absolute Gasteiger partial charge is 0.497 e. The van der Waals surface area contributed by atoms with Crippen LogP contribution in [0.2, 0.25) is 0 Å². The van der Waals surface area contributed by atoms with Crippen molar-refractivity contribution in [3.05, 3.63) is 70.5 Å². The first-order valence-electron chi connectivity index (χ1n) is 9.75. The number of rotatable bonds is 4. The van der Waals surface area contributed by atoms with E-state index in [0.717, 1.165) is 23.9 Å². The van der Waals surface area contributed by atoms with Gasteiger partial charge in [-0.2, -0.15) is 0 Å². The summed E-state index contributed by atoms with van der Waals surface area (Å²) in [5, 5.41) is 0. The summed E-state index contributed by atoms with van der Waals surface area (Å²) in [7, 11) is 3.31. The molecule has 30 heavy (non-hydrogen) atoms. The van der Waals surface area contributed by atoms with Gasteiger partial charge in [0.2, 0.25) is 5.95 Å². The van der Waals surface area contributed by atoms with Gasteiger partial charge in [0.25, 0.3) is 5.56 Å². The first-order valence-corrected chi connectivity index (χ1v) is 9.75. The fraction of sp³-hybridized carbons (Fsp3) is 0.318. The number of halogens is 1. The number of ether oxygens (including phenoxy) is 2. The van der Waals surface area contributed by atoms with Crippen molar-refractivity contribution in [3.63, 3.8) is 0 Å². The van der Waals surface area contributed by atoms with Crippen LogP contribution in [-0.4, -0.2) is 41.3 Å². The maximum atomic E-state index is 14.2. The predicted octanol–water partition coefficient (Wildman–Crippen LogP) is 2.96. The summed E-state index contributed by atoms with van der Waals surface area (Å²) in [5.41, 5.74) is 1.38. The third-order valence-electron chi connectivity index (χ3n) is 5.27. The van der Waals surface area contributed by atoms with Gasteiger partial charge in [0, 0.05) is 38.0 Å². The Labute approximate surface area is 173 Å². The van der Waals surface area contributed by atoms with E-state index in [4.69, 9.17) is 9.47 Å². The topological polar surface area (TPSA) is 69.5 Å². The Kier molecular flexibility index (Phi) is 5.76. The van der Waals surface area contributed by atoms with Gasteiger partial charge in [-0.15, -0.1) is 0 Å². The van der Waals surface area contributed by atoms with E-state index in [9.17, 15) is 9.18 Å². The van der Waals surface area contributed by atoms with E-state index in [0.29, 0.717) is 31.3 Å². The number of nitrogens with zero attached hydrogens (tertiary/aromatic N) is 4. The molecule has 7 nitrogen and oxygen atoms in total. The lowest BCUT2D eigenvalue weighted by atomic mass is 10.1. The molecule has 1 aliphatic rings. The lowest BCUT2D eigenvalue weighted by Gasteiger charge is -2.23. The smallest absolute Gasteiger partial charge is 0.255 e. The molecule has 0 amide bonds. The van der Waals surface area contributed by atoms with Crippen molar-refractivity contribution in [2.45, 2.75) is 12.5 Å².